The van der Waals surface area contributed by atoms with Gasteiger partial charge in [-0.1, -0.05) is 12.1 Å². The van der Waals surface area contributed by atoms with Gasteiger partial charge in [-0.2, -0.15) is 0 Å². The number of ether oxygens (including phenoxy) is 1. The lowest BCUT2D eigenvalue weighted by molar-refractivity contribution is -0.925. The van der Waals surface area contributed by atoms with Crippen LogP contribution in [0.3, 0.4) is 0 Å². The van der Waals surface area contributed by atoms with E-state index in [0.29, 0.717) is 0 Å². The van der Waals surface area contributed by atoms with Crippen LogP contribution in [0.1, 0.15) is 63.9 Å². The number of hydrogen-bond donors (Lipinski definition) is 1. The molecule has 2 heterocycles. The van der Waals surface area contributed by atoms with E-state index in [0.717, 1.165) is 24.7 Å². The third kappa shape index (κ3) is 3.84. The van der Waals surface area contributed by atoms with Crippen molar-refractivity contribution in [2.75, 3.05) is 20.2 Å². The van der Waals surface area contributed by atoms with E-state index in [4.69, 9.17) is 4.74 Å². The zero-order valence-corrected chi connectivity index (χ0v) is 15.8. The van der Waals surface area contributed by atoms with Crippen molar-refractivity contribution in [1.82, 2.24) is 20.2 Å². The largest absolute Gasteiger partial charge is 0.496 e. The van der Waals surface area contributed by atoms with E-state index >= 15 is 0 Å². The molecule has 1 aromatic heterocycles. The zero-order valence-electron chi connectivity index (χ0n) is 15.8. The Balaban J connectivity index is 2.11. The second kappa shape index (κ2) is 7.52. The molecule has 1 aromatic carbocycles. The molecule has 0 spiro atoms. The van der Waals surface area contributed by atoms with Crippen molar-refractivity contribution < 1.29 is 9.64 Å². The zero-order chi connectivity index (χ0) is 17.9. The summed E-state index contributed by atoms with van der Waals surface area (Å²) in [5, 5.41) is 12.8. The van der Waals surface area contributed by atoms with Gasteiger partial charge in [-0.3, -0.25) is 0 Å². The summed E-state index contributed by atoms with van der Waals surface area (Å²) in [6.07, 6.45) is 5.12. The molecule has 1 N–H and O–H groups in total. The Morgan fingerprint density at radius 1 is 1.08 bits per heavy atom. The van der Waals surface area contributed by atoms with Crippen molar-refractivity contribution in [2.24, 2.45) is 0 Å². The van der Waals surface area contributed by atoms with Crippen LogP contribution in [0.25, 0.3) is 0 Å². The van der Waals surface area contributed by atoms with Crippen molar-refractivity contribution in [3.8, 4) is 5.75 Å². The Kier molecular flexibility index (Phi) is 5.37. The van der Waals surface area contributed by atoms with Gasteiger partial charge in [0.1, 0.15) is 5.75 Å². The van der Waals surface area contributed by atoms with Gasteiger partial charge in [0.2, 0.25) is 5.82 Å². The van der Waals surface area contributed by atoms with Gasteiger partial charge in [-0.05, 0) is 69.0 Å². The fourth-order valence-electron chi connectivity index (χ4n) is 3.77. The van der Waals surface area contributed by atoms with Gasteiger partial charge in [0.05, 0.1) is 31.3 Å². The normalized spacial score (nSPS) is 17.9. The molecule has 1 aliphatic heterocycles. The number of methoxy groups -OCH3 is 1. The Hall–Kier alpha value is -1.95. The average molecular weight is 344 g/mol. The third-order valence-corrected chi connectivity index (χ3v) is 4.99. The van der Waals surface area contributed by atoms with Gasteiger partial charge in [0.25, 0.3) is 0 Å². The summed E-state index contributed by atoms with van der Waals surface area (Å²) in [7, 11) is 1.74. The highest BCUT2D eigenvalue weighted by Gasteiger charge is 2.36. The smallest absolute Gasteiger partial charge is 0.214 e. The first-order valence-corrected chi connectivity index (χ1v) is 9.28. The fraction of sp³-hybridized carbons (Fsp3) is 0.632. The number of rotatable bonds is 4. The number of quaternary nitrogens is 1. The molecule has 0 aliphatic carbocycles. The van der Waals surface area contributed by atoms with Gasteiger partial charge in [0, 0.05) is 0 Å². The van der Waals surface area contributed by atoms with Crippen LogP contribution < -0.4 is 9.64 Å². The first kappa shape index (κ1) is 17.9. The highest BCUT2D eigenvalue weighted by Crippen LogP contribution is 2.29. The van der Waals surface area contributed by atoms with Crippen LogP contribution in [0, 0.1) is 0 Å². The lowest BCUT2D eigenvalue weighted by atomic mass is 10.0. The molecule has 1 atom stereocenters. The summed E-state index contributed by atoms with van der Waals surface area (Å²) in [5.74, 6) is 1.83. The Labute approximate surface area is 150 Å². The van der Waals surface area contributed by atoms with Gasteiger partial charge in [0.15, 0.2) is 6.04 Å². The van der Waals surface area contributed by atoms with E-state index in [1.165, 1.54) is 36.1 Å². The fourth-order valence-corrected chi connectivity index (χ4v) is 3.77. The standard InChI is InChI=1S/C19H29N5O/c1-19(2,3)24-18(20-21-22-24)17(23-13-9-5-6-10-14-23)15-11-7-8-12-16(15)25-4/h7-8,11-12,17H,5-6,9-10,13-14H2,1-4H3/p+1/t17-/m0/s1. The lowest BCUT2D eigenvalue weighted by Crippen LogP contribution is -3.12. The lowest BCUT2D eigenvalue weighted by Gasteiger charge is -2.30. The highest BCUT2D eigenvalue weighted by molar-refractivity contribution is 5.37. The maximum atomic E-state index is 5.68. The number of para-hydroxylation sites is 1. The molecule has 0 amide bonds. The number of aromatic nitrogens is 4. The molecule has 25 heavy (non-hydrogen) atoms. The monoisotopic (exact) mass is 344 g/mol. The van der Waals surface area contributed by atoms with E-state index in [-0.39, 0.29) is 11.6 Å². The molecule has 0 radical (unpaired) electrons. The molecule has 1 saturated heterocycles. The summed E-state index contributed by atoms with van der Waals surface area (Å²) in [4.78, 5) is 1.53. The molecule has 1 aliphatic rings. The molecule has 0 bridgehead atoms. The molecule has 3 rings (SSSR count). The Morgan fingerprint density at radius 3 is 2.40 bits per heavy atom. The number of likely N-dealkylation sites (tertiary alicyclic amines) is 1. The topological polar surface area (TPSA) is 57.3 Å². The van der Waals surface area contributed by atoms with Crippen LogP contribution in [0.2, 0.25) is 0 Å². The molecule has 6 nitrogen and oxygen atoms in total. The van der Waals surface area contributed by atoms with E-state index in [2.05, 4.69) is 48.4 Å². The van der Waals surface area contributed by atoms with Crippen LogP contribution in [0.4, 0.5) is 0 Å². The van der Waals surface area contributed by atoms with Crippen LogP contribution in [-0.2, 0) is 5.54 Å². The summed E-state index contributed by atoms with van der Waals surface area (Å²) < 4.78 is 7.65. The van der Waals surface area contributed by atoms with Gasteiger partial charge >= 0.3 is 0 Å². The molecule has 1 fully saturated rings. The minimum absolute atomic E-state index is 0.0866. The number of hydrogen-bond acceptors (Lipinski definition) is 4. The predicted molar refractivity (Wildman–Crippen MR) is 96.8 cm³/mol. The number of tetrazole rings is 1. The molecular weight excluding hydrogens is 314 g/mol. The molecule has 2 aromatic rings. The van der Waals surface area contributed by atoms with Crippen LogP contribution in [0.5, 0.6) is 5.75 Å². The van der Waals surface area contributed by atoms with Gasteiger partial charge in [-0.25, -0.2) is 4.68 Å². The maximum Gasteiger partial charge on any atom is 0.214 e. The van der Waals surface area contributed by atoms with Crippen molar-refractivity contribution in [3.05, 3.63) is 35.7 Å². The number of benzene rings is 1. The second-order valence-electron chi connectivity index (χ2n) is 7.87. The van der Waals surface area contributed by atoms with Crippen LogP contribution in [0.15, 0.2) is 24.3 Å². The van der Waals surface area contributed by atoms with Gasteiger partial charge in [-0.15, -0.1) is 5.10 Å². The average Bonchev–Trinajstić information content (AvgIpc) is 2.93. The molecule has 136 valence electrons. The van der Waals surface area contributed by atoms with Crippen molar-refractivity contribution in [2.45, 2.75) is 58.0 Å². The predicted octanol–water partition coefficient (Wildman–Crippen LogP) is 1.98. The summed E-state index contributed by atoms with van der Waals surface area (Å²) in [5.41, 5.74) is 1.01. The highest BCUT2D eigenvalue weighted by atomic mass is 16.5. The minimum Gasteiger partial charge on any atom is -0.496 e. The number of nitrogens with zero attached hydrogens (tertiary/aromatic N) is 4. The maximum absolute atomic E-state index is 5.68. The van der Waals surface area contributed by atoms with Crippen molar-refractivity contribution in [1.29, 1.82) is 0 Å². The van der Waals surface area contributed by atoms with E-state index < -0.39 is 0 Å². The quantitative estimate of drug-likeness (QED) is 0.921. The van der Waals surface area contributed by atoms with Gasteiger partial charge < -0.3 is 9.64 Å². The van der Waals surface area contributed by atoms with Crippen LogP contribution >= 0.6 is 0 Å². The third-order valence-electron chi connectivity index (χ3n) is 4.99. The van der Waals surface area contributed by atoms with Crippen LogP contribution in [-0.4, -0.2) is 40.4 Å². The van der Waals surface area contributed by atoms with E-state index in [1.54, 1.807) is 7.11 Å². The van der Waals surface area contributed by atoms with E-state index in [1.807, 2.05) is 16.8 Å². The summed E-state index contributed by atoms with van der Waals surface area (Å²) in [6, 6.07) is 8.37. The summed E-state index contributed by atoms with van der Waals surface area (Å²) in [6.45, 7) is 8.71. The Morgan fingerprint density at radius 2 is 1.76 bits per heavy atom. The van der Waals surface area contributed by atoms with Crippen molar-refractivity contribution in [3.63, 3.8) is 0 Å². The Bertz CT molecular complexity index is 683. The molecular formula is C19H30N5O+. The van der Waals surface area contributed by atoms with Crippen molar-refractivity contribution >= 4 is 0 Å². The minimum atomic E-state index is -0.162. The van der Waals surface area contributed by atoms with E-state index in [9.17, 15) is 0 Å². The SMILES string of the molecule is COc1ccccc1[C@@H](c1nnnn1C(C)(C)C)[NH+]1CCCCCC1. The second-order valence-corrected chi connectivity index (χ2v) is 7.87. The molecule has 0 unspecified atom stereocenters. The first-order chi connectivity index (χ1) is 12.0. The molecule has 0 saturated carbocycles. The molecule has 6 heteroatoms. The summed E-state index contributed by atoms with van der Waals surface area (Å²) >= 11 is 0. The number of nitrogens with one attached hydrogen (secondary N) is 1. The first-order valence-electron chi connectivity index (χ1n) is 9.28.